The minimum Gasteiger partial charge on any atom is -0.492 e. The summed E-state index contributed by atoms with van der Waals surface area (Å²) in [5, 5.41) is 6.06. The highest BCUT2D eigenvalue weighted by Crippen LogP contribution is 2.20. The number of hydrogen-bond donors (Lipinski definition) is 2. The molecule has 0 saturated carbocycles. The first-order valence-corrected chi connectivity index (χ1v) is 8.58. The molecule has 2 aromatic rings. The Kier molecular flexibility index (Phi) is 7.29. The summed E-state index contributed by atoms with van der Waals surface area (Å²) in [6.07, 6.45) is 0. The number of hydrogen-bond acceptors (Lipinski definition) is 4. The van der Waals surface area contributed by atoms with Crippen molar-refractivity contribution >= 4 is 29.3 Å². The third-order valence-corrected chi connectivity index (χ3v) is 3.86. The Bertz CT molecular complexity index is 763. The molecular formula is C19H21ClN2O4. The summed E-state index contributed by atoms with van der Waals surface area (Å²) in [7, 11) is 0. The first kappa shape index (κ1) is 19.6. The van der Waals surface area contributed by atoms with E-state index >= 15 is 0 Å². The van der Waals surface area contributed by atoms with E-state index in [-0.39, 0.29) is 6.03 Å². The molecule has 2 amide bonds. The number of carbonyl (C=O) groups is 2. The van der Waals surface area contributed by atoms with E-state index in [1.807, 2.05) is 13.0 Å². The maximum atomic E-state index is 11.9. The van der Waals surface area contributed by atoms with Crippen LogP contribution in [0.5, 0.6) is 5.75 Å². The topological polar surface area (TPSA) is 76.7 Å². The van der Waals surface area contributed by atoms with Crippen molar-refractivity contribution in [1.82, 2.24) is 5.32 Å². The summed E-state index contributed by atoms with van der Waals surface area (Å²) in [5.74, 6) is 0.307. The molecule has 2 aromatic carbocycles. The standard InChI is InChI=1S/C19H21ClN2O4/c1-3-25-18(23)14-4-6-15(7-5-14)22-19(24)21-10-11-26-16-8-9-17(20)13(2)12-16/h4-9,12H,3,10-11H2,1-2H3,(H2,21,22,24). The highest BCUT2D eigenvalue weighted by molar-refractivity contribution is 6.31. The van der Waals surface area contributed by atoms with Gasteiger partial charge in [0.25, 0.3) is 0 Å². The average molecular weight is 377 g/mol. The van der Waals surface area contributed by atoms with E-state index in [4.69, 9.17) is 21.1 Å². The lowest BCUT2D eigenvalue weighted by Crippen LogP contribution is -2.32. The molecule has 0 fully saturated rings. The van der Waals surface area contributed by atoms with Gasteiger partial charge in [0.1, 0.15) is 12.4 Å². The number of nitrogens with one attached hydrogen (secondary N) is 2. The molecule has 7 heteroatoms. The smallest absolute Gasteiger partial charge is 0.338 e. The van der Waals surface area contributed by atoms with Crippen molar-refractivity contribution in [3.8, 4) is 5.75 Å². The average Bonchev–Trinajstić information content (AvgIpc) is 2.62. The van der Waals surface area contributed by atoms with Crippen LogP contribution in [0, 0.1) is 6.92 Å². The molecule has 138 valence electrons. The molecule has 0 bridgehead atoms. The van der Waals surface area contributed by atoms with E-state index < -0.39 is 5.97 Å². The quantitative estimate of drug-likeness (QED) is 0.565. The van der Waals surface area contributed by atoms with Gasteiger partial charge in [-0.25, -0.2) is 9.59 Å². The van der Waals surface area contributed by atoms with Gasteiger partial charge in [-0.05, 0) is 61.9 Å². The van der Waals surface area contributed by atoms with Crippen LogP contribution in [0.1, 0.15) is 22.8 Å². The van der Waals surface area contributed by atoms with Crippen LogP contribution < -0.4 is 15.4 Å². The zero-order chi connectivity index (χ0) is 18.9. The molecule has 0 aliphatic heterocycles. The molecule has 2 rings (SSSR count). The molecule has 0 aromatic heterocycles. The van der Waals surface area contributed by atoms with Gasteiger partial charge < -0.3 is 20.1 Å². The lowest BCUT2D eigenvalue weighted by molar-refractivity contribution is 0.0526. The Morgan fingerprint density at radius 2 is 1.85 bits per heavy atom. The van der Waals surface area contributed by atoms with Gasteiger partial charge in [-0.3, -0.25) is 0 Å². The number of esters is 1. The largest absolute Gasteiger partial charge is 0.492 e. The molecule has 6 nitrogen and oxygen atoms in total. The minimum absolute atomic E-state index is 0.318. The molecule has 0 spiro atoms. The van der Waals surface area contributed by atoms with Crippen LogP contribution in [0.3, 0.4) is 0 Å². The summed E-state index contributed by atoms with van der Waals surface area (Å²) < 4.78 is 10.5. The van der Waals surface area contributed by atoms with E-state index in [1.54, 1.807) is 43.3 Å². The molecule has 0 aliphatic rings. The first-order chi connectivity index (χ1) is 12.5. The summed E-state index contributed by atoms with van der Waals surface area (Å²) >= 11 is 5.96. The van der Waals surface area contributed by atoms with Crippen LogP contribution in [0.2, 0.25) is 5.02 Å². The minimum atomic E-state index is -0.391. The van der Waals surface area contributed by atoms with E-state index in [2.05, 4.69) is 10.6 Å². The maximum absolute atomic E-state index is 11.9. The number of anilines is 1. The maximum Gasteiger partial charge on any atom is 0.338 e. The highest BCUT2D eigenvalue weighted by Gasteiger charge is 2.07. The number of benzene rings is 2. The van der Waals surface area contributed by atoms with Crippen molar-refractivity contribution in [3.63, 3.8) is 0 Å². The molecule has 0 heterocycles. The Morgan fingerprint density at radius 3 is 2.50 bits per heavy atom. The van der Waals surface area contributed by atoms with Crippen LogP contribution in [0.25, 0.3) is 0 Å². The number of halogens is 1. The van der Waals surface area contributed by atoms with Crippen LogP contribution in [-0.4, -0.2) is 31.8 Å². The van der Waals surface area contributed by atoms with Gasteiger partial charge in [0.15, 0.2) is 0 Å². The molecule has 0 unspecified atom stereocenters. The Morgan fingerprint density at radius 1 is 1.12 bits per heavy atom. The Balaban J connectivity index is 1.73. The second-order valence-corrected chi connectivity index (χ2v) is 5.85. The van der Waals surface area contributed by atoms with Crippen molar-refractivity contribution < 1.29 is 19.1 Å². The van der Waals surface area contributed by atoms with Gasteiger partial charge in [-0.15, -0.1) is 0 Å². The number of aryl methyl sites for hydroxylation is 1. The summed E-state index contributed by atoms with van der Waals surface area (Å²) in [6.45, 7) is 4.63. The molecule has 26 heavy (non-hydrogen) atoms. The van der Waals surface area contributed by atoms with Crippen LogP contribution in [-0.2, 0) is 4.74 Å². The van der Waals surface area contributed by atoms with E-state index in [1.165, 1.54) is 0 Å². The third kappa shape index (κ3) is 5.97. The number of carbonyl (C=O) groups excluding carboxylic acids is 2. The van der Waals surface area contributed by atoms with Crippen molar-refractivity contribution in [2.45, 2.75) is 13.8 Å². The molecular weight excluding hydrogens is 356 g/mol. The van der Waals surface area contributed by atoms with E-state index in [0.29, 0.717) is 41.8 Å². The fourth-order valence-corrected chi connectivity index (χ4v) is 2.24. The fraction of sp³-hybridized carbons (Fsp3) is 0.263. The molecule has 0 aliphatic carbocycles. The lowest BCUT2D eigenvalue weighted by atomic mass is 10.2. The van der Waals surface area contributed by atoms with Crippen LogP contribution in [0.15, 0.2) is 42.5 Å². The summed E-state index contributed by atoms with van der Waals surface area (Å²) in [4.78, 5) is 23.4. The second-order valence-electron chi connectivity index (χ2n) is 5.44. The fourth-order valence-electron chi connectivity index (χ4n) is 2.12. The van der Waals surface area contributed by atoms with Gasteiger partial charge in [0, 0.05) is 10.7 Å². The predicted octanol–water partition coefficient (Wildman–Crippen LogP) is 4.03. The summed E-state index contributed by atoms with van der Waals surface area (Å²) in [5.41, 5.74) is 1.94. The van der Waals surface area contributed by atoms with Crippen LogP contribution in [0.4, 0.5) is 10.5 Å². The first-order valence-electron chi connectivity index (χ1n) is 8.20. The van der Waals surface area contributed by atoms with Gasteiger partial charge in [-0.2, -0.15) is 0 Å². The number of rotatable bonds is 7. The molecule has 2 N–H and O–H groups in total. The highest BCUT2D eigenvalue weighted by atomic mass is 35.5. The zero-order valence-corrected chi connectivity index (χ0v) is 15.4. The lowest BCUT2D eigenvalue weighted by Gasteiger charge is -2.10. The Labute approximate surface area is 157 Å². The molecule has 0 atom stereocenters. The Hall–Kier alpha value is -2.73. The van der Waals surface area contributed by atoms with Crippen molar-refractivity contribution in [3.05, 3.63) is 58.6 Å². The molecule has 0 saturated heterocycles. The summed E-state index contributed by atoms with van der Waals surface area (Å²) in [6, 6.07) is 11.5. The normalized spacial score (nSPS) is 10.1. The number of amides is 2. The van der Waals surface area contributed by atoms with E-state index in [9.17, 15) is 9.59 Å². The van der Waals surface area contributed by atoms with E-state index in [0.717, 1.165) is 5.56 Å². The third-order valence-electron chi connectivity index (χ3n) is 3.44. The van der Waals surface area contributed by atoms with Gasteiger partial charge in [0.2, 0.25) is 0 Å². The van der Waals surface area contributed by atoms with Gasteiger partial charge >= 0.3 is 12.0 Å². The number of urea groups is 1. The zero-order valence-electron chi connectivity index (χ0n) is 14.7. The van der Waals surface area contributed by atoms with Crippen LogP contribution >= 0.6 is 11.6 Å². The monoisotopic (exact) mass is 376 g/mol. The molecule has 0 radical (unpaired) electrons. The predicted molar refractivity (Wildman–Crippen MR) is 101 cm³/mol. The number of ether oxygens (including phenoxy) is 2. The van der Waals surface area contributed by atoms with Crippen molar-refractivity contribution in [1.29, 1.82) is 0 Å². The van der Waals surface area contributed by atoms with Gasteiger partial charge in [-0.1, -0.05) is 11.6 Å². The van der Waals surface area contributed by atoms with Gasteiger partial charge in [0.05, 0.1) is 18.7 Å². The second kappa shape index (κ2) is 9.68. The van der Waals surface area contributed by atoms with Crippen molar-refractivity contribution in [2.75, 3.05) is 25.1 Å². The SMILES string of the molecule is CCOC(=O)c1ccc(NC(=O)NCCOc2ccc(Cl)c(C)c2)cc1. The van der Waals surface area contributed by atoms with Crippen molar-refractivity contribution in [2.24, 2.45) is 0 Å².